The molecule has 50 valence electrons. The minimum atomic E-state index is -3.02. The van der Waals surface area contributed by atoms with Gasteiger partial charge in [0.05, 0.1) is 0 Å². The summed E-state index contributed by atoms with van der Waals surface area (Å²) in [5.41, 5.74) is 2.84. The molecule has 0 aliphatic rings. The molecule has 0 saturated heterocycles. The van der Waals surface area contributed by atoms with Gasteiger partial charge in [0.2, 0.25) is 0 Å². The van der Waals surface area contributed by atoms with Crippen molar-refractivity contribution in [2.24, 2.45) is 5.73 Å². The van der Waals surface area contributed by atoms with E-state index in [4.69, 9.17) is 0 Å². The van der Waals surface area contributed by atoms with E-state index in [0.717, 1.165) is 0 Å². The first kappa shape index (κ1) is 8.66. The third-order valence-electron chi connectivity index (χ3n) is 0.432. The van der Waals surface area contributed by atoms with E-state index in [9.17, 15) is 19.6 Å². The van der Waals surface area contributed by atoms with Crippen LogP contribution in [0.15, 0.2) is 0 Å². The van der Waals surface area contributed by atoms with Crippen LogP contribution in [0.1, 0.15) is 0 Å². The molecule has 0 saturated carbocycles. The first-order chi connectivity index (χ1) is 3.55. The summed E-state index contributed by atoms with van der Waals surface area (Å²) in [5.74, 6) is 0. The van der Waals surface area contributed by atoms with E-state index in [0.29, 0.717) is 0 Å². The molecule has 7 heteroatoms. The highest BCUT2D eigenvalue weighted by Gasteiger charge is 1.86. The van der Waals surface area contributed by atoms with Gasteiger partial charge in [0.25, 0.3) is 0 Å². The fraction of sp³-hybridized carbons (Fsp3) is 1.00. The quantitative estimate of drug-likeness (QED) is 0.411. The van der Waals surface area contributed by atoms with Gasteiger partial charge in [-0.05, 0) is 5.52 Å². The third kappa shape index (κ3) is 2.84. The van der Waals surface area contributed by atoms with Crippen molar-refractivity contribution in [3.8, 4) is 0 Å². The van der Waals surface area contributed by atoms with Gasteiger partial charge in [0.15, 0.2) is 0 Å². The smallest absolute Gasteiger partial charge is 0.0156 e. The van der Waals surface area contributed by atoms with Crippen molar-refractivity contribution in [2.75, 3.05) is 0 Å². The molecule has 0 rings (SSSR count). The fourth-order valence-electron chi connectivity index (χ4n) is 0.0770. The highest BCUT2D eigenvalue weighted by Crippen LogP contribution is 2.33. The zero-order valence-electron chi connectivity index (χ0n) is 3.68. The van der Waals surface area contributed by atoms with Crippen LogP contribution in [-0.4, -0.2) is 5.52 Å². The molecular weight excluding hydrogens is 152 g/mol. The molecule has 0 aromatic rings. The molecule has 0 heterocycles. The molecule has 0 fully saturated rings. The topological polar surface area (TPSA) is 118 Å². The van der Waals surface area contributed by atoms with E-state index < -0.39 is 22.3 Å². The maximum absolute atomic E-state index is 9.67. The molecule has 0 bridgehead atoms. The Morgan fingerprint density at radius 3 is 1.25 bits per heavy atom. The molecule has 0 aromatic carbocycles. The summed E-state index contributed by atoms with van der Waals surface area (Å²) in [4.78, 5) is 38.7. The molecular formula is CH3NO4P2-4. The largest absolute Gasteiger partial charge is 0.840 e. The molecule has 0 aliphatic carbocycles. The predicted octanol–water partition coefficient (Wildman–Crippen LogP) is -3.71. The van der Waals surface area contributed by atoms with Crippen LogP contribution >= 0.6 is 16.8 Å². The van der Waals surface area contributed by atoms with Gasteiger partial charge in [-0.3, -0.25) is 16.8 Å². The Hall–Kier alpha value is 0.660. The second kappa shape index (κ2) is 3.64. The second-order valence-electron chi connectivity index (χ2n) is 0.984. The zero-order valence-corrected chi connectivity index (χ0v) is 5.47. The van der Waals surface area contributed by atoms with E-state index in [-0.39, 0.29) is 0 Å². The lowest BCUT2D eigenvalue weighted by Crippen LogP contribution is -2.34. The summed E-state index contributed by atoms with van der Waals surface area (Å²) in [6, 6.07) is 0. The van der Waals surface area contributed by atoms with E-state index in [1.54, 1.807) is 0 Å². The SMILES string of the molecule is NC(P([O-])[O-])P([O-])[O-]. The van der Waals surface area contributed by atoms with Crippen molar-refractivity contribution in [1.82, 2.24) is 0 Å². The van der Waals surface area contributed by atoms with Crippen molar-refractivity contribution in [1.29, 1.82) is 0 Å². The van der Waals surface area contributed by atoms with Crippen molar-refractivity contribution < 1.29 is 19.6 Å². The zero-order chi connectivity index (χ0) is 6.73. The Morgan fingerprint density at radius 2 is 1.25 bits per heavy atom. The van der Waals surface area contributed by atoms with Crippen LogP contribution in [0.5, 0.6) is 0 Å². The van der Waals surface area contributed by atoms with Gasteiger partial charge in [-0.25, -0.2) is 0 Å². The Bertz CT molecular complexity index is 59.1. The summed E-state index contributed by atoms with van der Waals surface area (Å²) < 4.78 is 0. The fourth-order valence-corrected chi connectivity index (χ4v) is 0.693. The van der Waals surface area contributed by atoms with Crippen molar-refractivity contribution in [3.63, 3.8) is 0 Å². The van der Waals surface area contributed by atoms with Crippen LogP contribution in [0.2, 0.25) is 0 Å². The standard InChI is InChI=1S/CH3NO4P2/c2-1(7(3)4)8(5)6/h1H,2H2/q-4. The van der Waals surface area contributed by atoms with E-state index in [1.165, 1.54) is 0 Å². The van der Waals surface area contributed by atoms with E-state index >= 15 is 0 Å². The van der Waals surface area contributed by atoms with Gasteiger partial charge < -0.3 is 25.3 Å². The molecule has 0 unspecified atom stereocenters. The Kier molecular flexibility index (Phi) is 3.94. The normalized spacial score (nSPS) is 12.0. The molecule has 2 N–H and O–H groups in total. The molecule has 0 aromatic heterocycles. The van der Waals surface area contributed by atoms with Crippen LogP contribution in [0.4, 0.5) is 0 Å². The van der Waals surface area contributed by atoms with Gasteiger partial charge in [-0.1, -0.05) is 0 Å². The summed E-state index contributed by atoms with van der Waals surface area (Å²) >= 11 is 0. The molecule has 0 aliphatic heterocycles. The van der Waals surface area contributed by atoms with Crippen LogP contribution in [-0.2, 0) is 0 Å². The van der Waals surface area contributed by atoms with Gasteiger partial charge in [0, 0.05) is 0 Å². The van der Waals surface area contributed by atoms with Gasteiger partial charge in [-0.15, -0.1) is 0 Å². The van der Waals surface area contributed by atoms with E-state index in [1.807, 2.05) is 0 Å². The number of hydrogen-bond donors (Lipinski definition) is 1. The second-order valence-corrected chi connectivity index (χ2v) is 3.65. The van der Waals surface area contributed by atoms with Crippen molar-refractivity contribution in [2.45, 2.75) is 5.52 Å². The lowest BCUT2D eigenvalue weighted by molar-refractivity contribution is -0.306. The minimum absolute atomic E-state index is 1.72. The van der Waals surface area contributed by atoms with Crippen molar-refractivity contribution in [3.05, 3.63) is 0 Å². The molecule has 5 nitrogen and oxygen atoms in total. The number of hydrogen-bond acceptors (Lipinski definition) is 5. The molecule has 0 atom stereocenters. The summed E-state index contributed by atoms with van der Waals surface area (Å²) in [5, 5.41) is 0. The monoisotopic (exact) mass is 155 g/mol. The van der Waals surface area contributed by atoms with Crippen molar-refractivity contribution >= 4 is 16.8 Å². The highest BCUT2D eigenvalue weighted by atomic mass is 31.2. The third-order valence-corrected chi connectivity index (χ3v) is 2.43. The van der Waals surface area contributed by atoms with Crippen LogP contribution in [0.3, 0.4) is 0 Å². The number of rotatable bonds is 2. The average molecular weight is 155 g/mol. The van der Waals surface area contributed by atoms with Crippen LogP contribution in [0, 0.1) is 0 Å². The molecule has 0 amide bonds. The summed E-state index contributed by atoms with van der Waals surface area (Å²) in [6.07, 6.45) is 0. The molecule has 0 radical (unpaired) electrons. The lowest BCUT2D eigenvalue weighted by atomic mass is 11.5. The predicted molar refractivity (Wildman–Crippen MR) is 21.8 cm³/mol. The first-order valence-corrected chi connectivity index (χ1v) is 4.07. The summed E-state index contributed by atoms with van der Waals surface area (Å²) in [7, 11) is -6.04. The Labute approximate surface area is 48.6 Å². The van der Waals surface area contributed by atoms with Crippen LogP contribution in [0.25, 0.3) is 0 Å². The lowest BCUT2D eigenvalue weighted by Gasteiger charge is -2.49. The number of nitrogens with two attached hydrogens (primary N) is 1. The van der Waals surface area contributed by atoms with Crippen LogP contribution < -0.4 is 25.3 Å². The molecule has 8 heavy (non-hydrogen) atoms. The highest BCUT2D eigenvalue weighted by molar-refractivity contribution is 7.61. The molecule has 0 spiro atoms. The maximum atomic E-state index is 9.67. The minimum Gasteiger partial charge on any atom is -0.840 e. The maximum Gasteiger partial charge on any atom is -0.0156 e. The first-order valence-electron chi connectivity index (χ1n) is 1.58. The Morgan fingerprint density at radius 1 is 1.00 bits per heavy atom. The van der Waals surface area contributed by atoms with Gasteiger partial charge >= 0.3 is 0 Å². The average Bonchev–Trinajstić information content (AvgIpc) is 1.64. The van der Waals surface area contributed by atoms with Gasteiger partial charge in [-0.2, -0.15) is 0 Å². The Balaban J connectivity index is 3.46. The van der Waals surface area contributed by atoms with E-state index in [2.05, 4.69) is 5.73 Å². The van der Waals surface area contributed by atoms with Gasteiger partial charge in [0.1, 0.15) is 0 Å². The summed E-state index contributed by atoms with van der Waals surface area (Å²) in [6.45, 7) is 0.